The summed E-state index contributed by atoms with van der Waals surface area (Å²) < 4.78 is 1.92. The highest BCUT2D eigenvalue weighted by atomic mass is 32.2. The fraction of sp³-hybridized carbons (Fsp3) is 0.261. The highest BCUT2D eigenvalue weighted by molar-refractivity contribution is 7.98. The van der Waals surface area contributed by atoms with Crippen LogP contribution in [0, 0.1) is 0 Å². The van der Waals surface area contributed by atoms with Crippen molar-refractivity contribution in [3.63, 3.8) is 0 Å². The Balaban J connectivity index is 1.26. The van der Waals surface area contributed by atoms with Gasteiger partial charge in [-0.05, 0) is 30.5 Å². The lowest BCUT2D eigenvalue weighted by Crippen LogP contribution is -2.37. The quantitative estimate of drug-likeness (QED) is 0.492. The average molecular weight is 418 g/mol. The maximum absolute atomic E-state index is 12.5. The number of imidazole rings is 1. The molecule has 0 atom stereocenters. The van der Waals surface area contributed by atoms with E-state index in [0.29, 0.717) is 0 Å². The van der Waals surface area contributed by atoms with Crippen LogP contribution in [0.1, 0.15) is 24.4 Å². The first-order valence-corrected chi connectivity index (χ1v) is 11.2. The van der Waals surface area contributed by atoms with Gasteiger partial charge in [0.1, 0.15) is 10.8 Å². The number of aromatic nitrogens is 4. The molecule has 0 amide bonds. The van der Waals surface area contributed by atoms with Crippen LogP contribution in [-0.2, 0) is 5.75 Å². The first kappa shape index (κ1) is 18.9. The van der Waals surface area contributed by atoms with Gasteiger partial charge in [-0.3, -0.25) is 9.55 Å². The van der Waals surface area contributed by atoms with Crippen LogP contribution in [0.3, 0.4) is 0 Å². The number of piperidine rings is 1. The number of para-hydroxylation sites is 2. The number of nitrogens with zero attached hydrogens (tertiary/aromatic N) is 4. The summed E-state index contributed by atoms with van der Waals surface area (Å²) in [6.07, 6.45) is 5.48. The summed E-state index contributed by atoms with van der Waals surface area (Å²) in [5, 5.41) is 0.936. The third kappa shape index (κ3) is 3.85. The Morgan fingerprint density at radius 3 is 2.60 bits per heavy atom. The van der Waals surface area contributed by atoms with Crippen molar-refractivity contribution in [3.8, 4) is 0 Å². The van der Waals surface area contributed by atoms with Gasteiger partial charge >= 0.3 is 5.69 Å². The maximum atomic E-state index is 12.5. The second kappa shape index (κ2) is 8.36. The molecule has 0 bridgehead atoms. The van der Waals surface area contributed by atoms with E-state index in [0.717, 1.165) is 53.6 Å². The second-order valence-electron chi connectivity index (χ2n) is 7.53. The number of anilines is 1. The van der Waals surface area contributed by atoms with Crippen LogP contribution in [0.4, 0.5) is 5.82 Å². The zero-order valence-corrected chi connectivity index (χ0v) is 17.4. The molecule has 3 heterocycles. The number of hydrogen-bond acceptors (Lipinski definition) is 5. The van der Waals surface area contributed by atoms with Crippen molar-refractivity contribution < 1.29 is 0 Å². The van der Waals surface area contributed by atoms with E-state index in [-0.39, 0.29) is 11.7 Å². The minimum atomic E-state index is -0.0197. The van der Waals surface area contributed by atoms with E-state index < -0.39 is 0 Å². The number of aromatic amines is 1. The first-order valence-electron chi connectivity index (χ1n) is 10.2. The van der Waals surface area contributed by atoms with Gasteiger partial charge in [0.25, 0.3) is 0 Å². The van der Waals surface area contributed by atoms with Gasteiger partial charge in [0.05, 0.1) is 23.4 Å². The largest absolute Gasteiger partial charge is 0.355 e. The Morgan fingerprint density at radius 2 is 1.77 bits per heavy atom. The van der Waals surface area contributed by atoms with E-state index in [1.165, 1.54) is 5.56 Å². The number of benzene rings is 2. The first-order chi connectivity index (χ1) is 14.8. The molecule has 5 rings (SSSR count). The Kier molecular flexibility index (Phi) is 5.27. The predicted octanol–water partition coefficient (Wildman–Crippen LogP) is 4.25. The number of hydrogen-bond donors (Lipinski definition) is 1. The van der Waals surface area contributed by atoms with Crippen molar-refractivity contribution >= 4 is 28.6 Å². The van der Waals surface area contributed by atoms with Crippen LogP contribution >= 0.6 is 11.8 Å². The van der Waals surface area contributed by atoms with Crippen molar-refractivity contribution in [1.82, 2.24) is 19.5 Å². The van der Waals surface area contributed by atoms with Crippen LogP contribution in [0.15, 0.2) is 76.8 Å². The molecule has 1 aliphatic heterocycles. The number of rotatable bonds is 5. The number of nitrogens with one attached hydrogen (secondary N) is 1. The summed E-state index contributed by atoms with van der Waals surface area (Å²) in [6, 6.07) is 18.5. The highest BCUT2D eigenvalue weighted by Gasteiger charge is 2.24. The van der Waals surface area contributed by atoms with Crippen LogP contribution in [0.25, 0.3) is 11.0 Å². The van der Waals surface area contributed by atoms with Crippen molar-refractivity contribution in [3.05, 3.63) is 83.0 Å². The zero-order valence-electron chi connectivity index (χ0n) is 16.6. The maximum Gasteiger partial charge on any atom is 0.326 e. The topological polar surface area (TPSA) is 66.8 Å². The molecule has 1 N–H and O–H groups in total. The molecule has 0 saturated carbocycles. The fourth-order valence-electron chi connectivity index (χ4n) is 4.08. The zero-order chi connectivity index (χ0) is 20.3. The molecule has 4 aromatic rings. The predicted molar refractivity (Wildman–Crippen MR) is 121 cm³/mol. The molecule has 2 aromatic heterocycles. The van der Waals surface area contributed by atoms with Crippen molar-refractivity contribution in [1.29, 1.82) is 0 Å². The Hall–Kier alpha value is -3.06. The molecular weight excluding hydrogens is 394 g/mol. The van der Waals surface area contributed by atoms with E-state index in [1.54, 1.807) is 11.8 Å². The Morgan fingerprint density at radius 1 is 1.00 bits per heavy atom. The Bertz CT molecular complexity index is 1190. The normalized spacial score (nSPS) is 15.0. The minimum absolute atomic E-state index is 0.0197. The fourth-order valence-corrected chi connectivity index (χ4v) is 4.88. The van der Waals surface area contributed by atoms with E-state index in [9.17, 15) is 4.79 Å². The van der Waals surface area contributed by atoms with Crippen molar-refractivity contribution in [2.24, 2.45) is 0 Å². The third-order valence-electron chi connectivity index (χ3n) is 5.61. The standard InChI is InChI=1S/C23H23N5OS/c29-23-25-19-8-4-5-9-20(19)28(23)18-10-12-27(13-11-18)21-14-24-15-22(26-21)30-16-17-6-2-1-3-7-17/h1-9,14-15,18H,10-13,16H2,(H,25,29). The van der Waals surface area contributed by atoms with Gasteiger partial charge in [-0.25, -0.2) is 9.78 Å². The molecule has 0 spiro atoms. The van der Waals surface area contributed by atoms with E-state index in [1.807, 2.05) is 47.3 Å². The lowest BCUT2D eigenvalue weighted by atomic mass is 10.0. The smallest absolute Gasteiger partial charge is 0.326 e. The van der Waals surface area contributed by atoms with Gasteiger partial charge in [-0.1, -0.05) is 42.5 Å². The van der Waals surface area contributed by atoms with E-state index >= 15 is 0 Å². The lowest BCUT2D eigenvalue weighted by Gasteiger charge is -2.33. The second-order valence-corrected chi connectivity index (χ2v) is 8.52. The summed E-state index contributed by atoms with van der Waals surface area (Å²) in [5.41, 5.74) is 3.15. The molecule has 0 radical (unpaired) electrons. The SMILES string of the molecule is O=c1[nH]c2ccccc2n1C1CCN(c2cncc(SCc3ccccc3)n2)CC1. The van der Waals surface area contributed by atoms with Crippen LogP contribution in [0.2, 0.25) is 0 Å². The monoisotopic (exact) mass is 417 g/mol. The highest BCUT2D eigenvalue weighted by Crippen LogP contribution is 2.28. The van der Waals surface area contributed by atoms with Gasteiger partial charge in [-0.2, -0.15) is 0 Å². The summed E-state index contributed by atoms with van der Waals surface area (Å²) in [6.45, 7) is 1.72. The van der Waals surface area contributed by atoms with Gasteiger partial charge in [0.2, 0.25) is 0 Å². The van der Waals surface area contributed by atoms with E-state index in [2.05, 4.69) is 39.1 Å². The number of H-pyrrole nitrogens is 1. The molecular formula is C23H23N5OS. The Labute approximate surface area is 179 Å². The molecule has 2 aromatic carbocycles. The van der Waals surface area contributed by atoms with Gasteiger partial charge in [0.15, 0.2) is 0 Å². The molecule has 0 unspecified atom stereocenters. The summed E-state index contributed by atoms with van der Waals surface area (Å²) in [7, 11) is 0. The van der Waals surface area contributed by atoms with Crippen LogP contribution < -0.4 is 10.6 Å². The molecule has 152 valence electrons. The molecule has 30 heavy (non-hydrogen) atoms. The minimum Gasteiger partial charge on any atom is -0.355 e. The molecule has 0 aliphatic carbocycles. The van der Waals surface area contributed by atoms with E-state index in [4.69, 9.17) is 4.98 Å². The van der Waals surface area contributed by atoms with Gasteiger partial charge in [-0.15, -0.1) is 11.8 Å². The summed E-state index contributed by atoms with van der Waals surface area (Å²) in [5.74, 6) is 1.79. The summed E-state index contributed by atoms with van der Waals surface area (Å²) >= 11 is 1.70. The average Bonchev–Trinajstić information content (AvgIpc) is 3.14. The van der Waals surface area contributed by atoms with Crippen molar-refractivity contribution in [2.45, 2.75) is 29.7 Å². The summed E-state index contributed by atoms with van der Waals surface area (Å²) in [4.78, 5) is 27.0. The van der Waals surface area contributed by atoms with Crippen LogP contribution in [-0.4, -0.2) is 32.6 Å². The molecule has 6 nitrogen and oxygen atoms in total. The van der Waals surface area contributed by atoms with Gasteiger partial charge < -0.3 is 9.88 Å². The molecule has 7 heteroatoms. The van der Waals surface area contributed by atoms with Crippen molar-refractivity contribution in [2.75, 3.05) is 18.0 Å². The van der Waals surface area contributed by atoms with Gasteiger partial charge in [0, 0.05) is 24.9 Å². The number of thioether (sulfide) groups is 1. The number of fused-ring (bicyclic) bond motifs is 1. The van der Waals surface area contributed by atoms with Crippen LogP contribution in [0.5, 0.6) is 0 Å². The molecule has 1 fully saturated rings. The lowest BCUT2D eigenvalue weighted by molar-refractivity contribution is 0.395. The third-order valence-corrected chi connectivity index (χ3v) is 6.58. The molecule has 1 aliphatic rings. The molecule has 1 saturated heterocycles.